The van der Waals surface area contributed by atoms with E-state index in [1.54, 1.807) is 26.6 Å². The molecule has 0 saturated carbocycles. The Morgan fingerprint density at radius 1 is 0.943 bits per heavy atom. The normalized spacial score (nSPS) is 16.4. The van der Waals surface area contributed by atoms with E-state index in [0.717, 1.165) is 36.7 Å². The molecule has 3 unspecified atom stereocenters. The van der Waals surface area contributed by atoms with Crippen molar-refractivity contribution < 1.29 is 9.47 Å². The molecule has 2 N–H and O–H groups in total. The first-order chi connectivity index (χ1) is 17.2. The predicted octanol–water partition coefficient (Wildman–Crippen LogP) is 4.33. The molecule has 1 saturated heterocycles. The van der Waals surface area contributed by atoms with Crippen LogP contribution < -0.4 is 20.1 Å². The Hall–Kier alpha value is -3.16. The first-order valence-electron chi connectivity index (χ1n) is 12.4. The van der Waals surface area contributed by atoms with Crippen LogP contribution in [0, 0.1) is 0 Å². The van der Waals surface area contributed by atoms with Gasteiger partial charge in [-0.1, -0.05) is 36.4 Å². The summed E-state index contributed by atoms with van der Waals surface area (Å²) in [5.41, 5.74) is 2.43. The molecule has 7 heteroatoms. The number of methoxy groups -OCH3 is 2. The first-order valence-corrected chi connectivity index (χ1v) is 12.4. The van der Waals surface area contributed by atoms with Gasteiger partial charge in [0.05, 0.1) is 14.2 Å². The molecule has 1 aliphatic heterocycles. The third-order valence-electron chi connectivity index (χ3n) is 6.80. The van der Waals surface area contributed by atoms with E-state index < -0.39 is 0 Å². The number of likely N-dealkylation sites (tertiary alicyclic amines) is 1. The zero-order valence-electron chi connectivity index (χ0n) is 21.0. The van der Waals surface area contributed by atoms with Gasteiger partial charge in [0.1, 0.15) is 11.5 Å². The van der Waals surface area contributed by atoms with Crippen molar-refractivity contribution in [1.29, 1.82) is 0 Å². The lowest BCUT2D eigenvalue weighted by Crippen LogP contribution is -2.49. The van der Waals surface area contributed by atoms with Crippen LogP contribution in [-0.4, -0.2) is 60.8 Å². The van der Waals surface area contributed by atoms with Crippen LogP contribution in [0.25, 0.3) is 0 Å². The molecule has 0 radical (unpaired) electrons. The first kappa shape index (κ1) is 24.9. The molecule has 7 nitrogen and oxygen atoms in total. The molecule has 0 spiro atoms. The zero-order valence-corrected chi connectivity index (χ0v) is 21.0. The number of benzene rings is 2. The summed E-state index contributed by atoms with van der Waals surface area (Å²) < 4.78 is 11.0. The Labute approximate surface area is 208 Å². The van der Waals surface area contributed by atoms with Crippen LogP contribution in [0.2, 0.25) is 0 Å². The Morgan fingerprint density at radius 2 is 1.69 bits per heavy atom. The van der Waals surface area contributed by atoms with Gasteiger partial charge in [-0.25, -0.2) is 9.97 Å². The van der Waals surface area contributed by atoms with Gasteiger partial charge in [0.15, 0.2) is 0 Å². The lowest BCUT2D eigenvalue weighted by atomic mass is 9.86. The number of aromatic nitrogens is 2. The molecule has 0 aliphatic carbocycles. The molecule has 4 rings (SSSR count). The lowest BCUT2D eigenvalue weighted by molar-refractivity contribution is 0.268. The smallest absolute Gasteiger partial charge is 0.222 e. The number of hydrogen-bond donors (Lipinski definition) is 2. The molecule has 186 valence electrons. The van der Waals surface area contributed by atoms with E-state index in [9.17, 15) is 0 Å². The second-order valence-corrected chi connectivity index (χ2v) is 9.11. The van der Waals surface area contributed by atoms with Crippen molar-refractivity contribution in [1.82, 2.24) is 20.2 Å². The van der Waals surface area contributed by atoms with Crippen molar-refractivity contribution in [2.45, 2.75) is 44.3 Å². The van der Waals surface area contributed by atoms with Crippen molar-refractivity contribution in [3.05, 3.63) is 78.1 Å². The van der Waals surface area contributed by atoms with Crippen molar-refractivity contribution in [3.63, 3.8) is 0 Å². The van der Waals surface area contributed by atoms with Crippen molar-refractivity contribution in [2.75, 3.05) is 39.2 Å². The highest BCUT2D eigenvalue weighted by molar-refractivity contribution is 5.41. The van der Waals surface area contributed by atoms with Crippen LogP contribution >= 0.6 is 0 Å². The summed E-state index contributed by atoms with van der Waals surface area (Å²) in [6.07, 6.45) is 6.08. The second kappa shape index (κ2) is 12.5. The van der Waals surface area contributed by atoms with E-state index in [2.05, 4.69) is 68.8 Å². The number of nitrogens with one attached hydrogen (secondary N) is 2. The maximum Gasteiger partial charge on any atom is 0.222 e. The highest BCUT2D eigenvalue weighted by Gasteiger charge is 2.31. The van der Waals surface area contributed by atoms with E-state index >= 15 is 0 Å². The van der Waals surface area contributed by atoms with Crippen LogP contribution in [0.1, 0.15) is 36.8 Å². The fourth-order valence-electron chi connectivity index (χ4n) is 4.93. The summed E-state index contributed by atoms with van der Waals surface area (Å²) in [6.45, 7) is 6.20. The van der Waals surface area contributed by atoms with E-state index in [4.69, 9.17) is 9.47 Å². The number of rotatable bonds is 12. The minimum absolute atomic E-state index is 0.0782. The summed E-state index contributed by atoms with van der Waals surface area (Å²) in [7, 11) is 3.37. The number of ether oxygens (including phenoxy) is 2. The molecule has 1 aromatic heterocycles. The monoisotopic (exact) mass is 475 g/mol. The summed E-state index contributed by atoms with van der Waals surface area (Å²) in [4.78, 5) is 11.4. The van der Waals surface area contributed by atoms with Gasteiger partial charge in [-0.05, 0) is 50.6 Å². The third-order valence-corrected chi connectivity index (χ3v) is 6.80. The average molecular weight is 476 g/mol. The molecule has 0 bridgehead atoms. The number of anilines is 1. The largest absolute Gasteiger partial charge is 0.497 e. The Bertz CT molecular complexity index is 1030. The van der Waals surface area contributed by atoms with Gasteiger partial charge in [0, 0.05) is 55.1 Å². The van der Waals surface area contributed by atoms with E-state index in [1.807, 2.05) is 18.2 Å². The quantitative estimate of drug-likeness (QED) is 0.404. The maximum atomic E-state index is 5.67. The SMILES string of the molecule is COc1ccc(CNC(C(C)Nc2ncccn2)C(CN2CCCC2)c2ccccc2)c(OC)c1. The van der Waals surface area contributed by atoms with Gasteiger partial charge in [-0.15, -0.1) is 0 Å². The molecule has 2 aromatic carbocycles. The Balaban J connectivity index is 1.62. The van der Waals surface area contributed by atoms with E-state index in [-0.39, 0.29) is 18.0 Å². The van der Waals surface area contributed by atoms with Gasteiger partial charge in [0.2, 0.25) is 5.95 Å². The Kier molecular flexibility index (Phi) is 8.92. The molecule has 1 aliphatic rings. The van der Waals surface area contributed by atoms with Crippen LogP contribution in [0.5, 0.6) is 11.5 Å². The highest BCUT2D eigenvalue weighted by atomic mass is 16.5. The standard InChI is InChI=1S/C28H37N5O2/c1-21(32-28-29-14-9-15-30-28)27(31-19-23-12-13-24(34-2)18-26(23)35-3)25(20-33-16-7-8-17-33)22-10-5-4-6-11-22/h4-6,9-15,18,21,25,27,31H,7-8,16-17,19-20H2,1-3H3,(H,29,30,32). The third kappa shape index (κ3) is 6.71. The van der Waals surface area contributed by atoms with Gasteiger partial charge in [-0.3, -0.25) is 0 Å². The fraction of sp³-hybridized carbons (Fsp3) is 0.429. The van der Waals surface area contributed by atoms with Crippen LogP contribution in [0.4, 0.5) is 5.95 Å². The van der Waals surface area contributed by atoms with Gasteiger partial charge >= 0.3 is 0 Å². The highest BCUT2D eigenvalue weighted by Crippen LogP contribution is 2.28. The van der Waals surface area contributed by atoms with Crippen LogP contribution in [-0.2, 0) is 6.54 Å². The number of hydrogen-bond acceptors (Lipinski definition) is 7. The molecule has 2 heterocycles. The van der Waals surface area contributed by atoms with Gasteiger partial charge < -0.3 is 25.0 Å². The molecule has 1 fully saturated rings. The summed E-state index contributed by atoms with van der Waals surface area (Å²) in [5, 5.41) is 7.42. The lowest BCUT2D eigenvalue weighted by Gasteiger charge is -2.36. The topological polar surface area (TPSA) is 71.5 Å². The fourth-order valence-corrected chi connectivity index (χ4v) is 4.93. The molecule has 3 atom stereocenters. The van der Waals surface area contributed by atoms with Gasteiger partial charge in [-0.2, -0.15) is 0 Å². The number of nitrogens with zero attached hydrogens (tertiary/aromatic N) is 3. The molecule has 35 heavy (non-hydrogen) atoms. The maximum absolute atomic E-state index is 5.67. The van der Waals surface area contributed by atoms with Gasteiger partial charge in [0.25, 0.3) is 0 Å². The van der Waals surface area contributed by atoms with E-state index in [1.165, 1.54) is 18.4 Å². The summed E-state index contributed by atoms with van der Waals surface area (Å²) in [6, 6.07) is 18.9. The van der Waals surface area contributed by atoms with E-state index in [0.29, 0.717) is 12.5 Å². The molecular formula is C28H37N5O2. The summed E-state index contributed by atoms with van der Waals surface area (Å²) >= 11 is 0. The van der Waals surface area contributed by atoms with Crippen molar-refractivity contribution in [3.8, 4) is 11.5 Å². The molecule has 0 amide bonds. The minimum Gasteiger partial charge on any atom is -0.497 e. The minimum atomic E-state index is 0.0782. The molecular weight excluding hydrogens is 438 g/mol. The Morgan fingerprint density at radius 3 is 2.37 bits per heavy atom. The zero-order chi connectivity index (χ0) is 24.5. The van der Waals surface area contributed by atoms with Crippen LogP contribution in [0.15, 0.2) is 67.0 Å². The van der Waals surface area contributed by atoms with Crippen molar-refractivity contribution >= 4 is 5.95 Å². The average Bonchev–Trinajstić information content (AvgIpc) is 3.42. The molecule has 3 aromatic rings. The predicted molar refractivity (Wildman–Crippen MR) is 140 cm³/mol. The van der Waals surface area contributed by atoms with Crippen molar-refractivity contribution in [2.24, 2.45) is 0 Å². The summed E-state index contributed by atoms with van der Waals surface area (Å²) in [5.74, 6) is 2.53. The second-order valence-electron chi connectivity index (χ2n) is 9.11. The van der Waals surface area contributed by atoms with Crippen LogP contribution in [0.3, 0.4) is 0 Å².